The minimum atomic E-state index is -0.0649. The van der Waals surface area contributed by atoms with E-state index in [0.29, 0.717) is 17.8 Å². The van der Waals surface area contributed by atoms with Crippen molar-refractivity contribution in [1.29, 1.82) is 0 Å². The SMILES string of the molecule is CCCN1CCOC(c2noc(C(C)C(C)NC)n2)C1. The molecule has 0 radical (unpaired) electrons. The van der Waals surface area contributed by atoms with E-state index in [0.717, 1.165) is 32.7 Å². The molecule has 20 heavy (non-hydrogen) atoms. The molecule has 0 aliphatic carbocycles. The molecule has 1 fully saturated rings. The molecule has 2 heterocycles. The lowest BCUT2D eigenvalue weighted by molar-refractivity contribution is -0.0350. The molecule has 114 valence electrons. The van der Waals surface area contributed by atoms with Crippen LogP contribution in [-0.2, 0) is 4.74 Å². The molecule has 1 aromatic rings. The third-order valence-corrected chi connectivity index (χ3v) is 4.03. The first-order valence-electron chi connectivity index (χ1n) is 7.50. The monoisotopic (exact) mass is 282 g/mol. The fourth-order valence-corrected chi connectivity index (χ4v) is 2.40. The summed E-state index contributed by atoms with van der Waals surface area (Å²) >= 11 is 0. The standard InChI is InChI=1S/C14H26N4O2/c1-5-6-18-7-8-19-12(9-18)13-16-14(20-17-13)10(2)11(3)15-4/h10-12,15H,5-9H2,1-4H3. The maximum atomic E-state index is 5.78. The molecule has 3 unspecified atom stereocenters. The topological polar surface area (TPSA) is 63.4 Å². The van der Waals surface area contributed by atoms with Crippen molar-refractivity contribution in [3.05, 3.63) is 11.7 Å². The van der Waals surface area contributed by atoms with Gasteiger partial charge < -0.3 is 14.6 Å². The lowest BCUT2D eigenvalue weighted by atomic mass is 10.0. The number of likely N-dealkylation sites (N-methyl/N-ethyl adjacent to an activating group) is 1. The van der Waals surface area contributed by atoms with E-state index in [9.17, 15) is 0 Å². The van der Waals surface area contributed by atoms with E-state index >= 15 is 0 Å². The number of ether oxygens (including phenoxy) is 1. The molecule has 6 nitrogen and oxygen atoms in total. The highest BCUT2D eigenvalue weighted by Crippen LogP contribution is 2.23. The largest absolute Gasteiger partial charge is 0.367 e. The van der Waals surface area contributed by atoms with Crippen molar-refractivity contribution in [2.45, 2.75) is 45.3 Å². The van der Waals surface area contributed by atoms with Crippen LogP contribution < -0.4 is 5.32 Å². The molecule has 1 aliphatic rings. The molecule has 3 atom stereocenters. The molecule has 1 aromatic heterocycles. The highest BCUT2D eigenvalue weighted by molar-refractivity contribution is 4.99. The lowest BCUT2D eigenvalue weighted by Gasteiger charge is -2.30. The maximum Gasteiger partial charge on any atom is 0.231 e. The Balaban J connectivity index is 2.01. The number of morpholine rings is 1. The fourth-order valence-electron chi connectivity index (χ4n) is 2.40. The van der Waals surface area contributed by atoms with Gasteiger partial charge in [-0.3, -0.25) is 4.90 Å². The van der Waals surface area contributed by atoms with Crippen molar-refractivity contribution >= 4 is 0 Å². The van der Waals surface area contributed by atoms with Gasteiger partial charge in [0.05, 0.1) is 12.5 Å². The van der Waals surface area contributed by atoms with Crippen LogP contribution in [0, 0.1) is 0 Å². The fraction of sp³-hybridized carbons (Fsp3) is 0.857. The molecule has 1 N–H and O–H groups in total. The molecule has 2 rings (SSSR count). The Morgan fingerprint density at radius 3 is 2.95 bits per heavy atom. The minimum Gasteiger partial charge on any atom is -0.367 e. The second-order valence-corrected chi connectivity index (χ2v) is 5.52. The highest BCUT2D eigenvalue weighted by atomic mass is 16.5. The molecule has 0 saturated carbocycles. The summed E-state index contributed by atoms with van der Waals surface area (Å²) in [6.45, 7) is 10.1. The number of hydrogen-bond acceptors (Lipinski definition) is 6. The summed E-state index contributed by atoms with van der Waals surface area (Å²) < 4.78 is 11.2. The molecule has 0 bridgehead atoms. The van der Waals surface area contributed by atoms with Gasteiger partial charge in [-0.05, 0) is 26.9 Å². The Hall–Kier alpha value is -0.980. The molecule has 6 heteroatoms. The molecule has 0 spiro atoms. The third kappa shape index (κ3) is 3.56. The summed E-state index contributed by atoms with van der Waals surface area (Å²) in [5.74, 6) is 1.55. The van der Waals surface area contributed by atoms with Crippen LogP contribution in [0.4, 0.5) is 0 Å². The predicted octanol–water partition coefficient (Wildman–Crippen LogP) is 1.56. The Morgan fingerprint density at radius 1 is 1.45 bits per heavy atom. The average Bonchev–Trinajstić information content (AvgIpc) is 2.96. The van der Waals surface area contributed by atoms with Crippen molar-refractivity contribution in [3.8, 4) is 0 Å². The van der Waals surface area contributed by atoms with Gasteiger partial charge in [-0.1, -0.05) is 19.0 Å². The van der Waals surface area contributed by atoms with E-state index in [-0.39, 0.29) is 12.0 Å². The van der Waals surface area contributed by atoms with Crippen molar-refractivity contribution in [1.82, 2.24) is 20.4 Å². The first-order valence-corrected chi connectivity index (χ1v) is 7.50. The second kappa shape index (κ2) is 7.15. The summed E-state index contributed by atoms with van der Waals surface area (Å²) in [5, 5.41) is 7.32. The molecular formula is C14H26N4O2. The van der Waals surface area contributed by atoms with E-state index in [1.807, 2.05) is 7.05 Å². The van der Waals surface area contributed by atoms with E-state index in [2.05, 4.69) is 41.1 Å². The summed E-state index contributed by atoms with van der Waals surface area (Å²) in [5.41, 5.74) is 0. The molecule has 1 saturated heterocycles. The first-order chi connectivity index (χ1) is 9.65. The van der Waals surface area contributed by atoms with Crippen LogP contribution >= 0.6 is 0 Å². The second-order valence-electron chi connectivity index (χ2n) is 5.52. The van der Waals surface area contributed by atoms with E-state index in [1.165, 1.54) is 0 Å². The molecule has 1 aliphatic heterocycles. The maximum absolute atomic E-state index is 5.78. The van der Waals surface area contributed by atoms with Gasteiger partial charge in [0.1, 0.15) is 6.10 Å². The Bertz CT molecular complexity index is 408. The third-order valence-electron chi connectivity index (χ3n) is 4.03. The van der Waals surface area contributed by atoms with Crippen molar-refractivity contribution in [2.75, 3.05) is 33.3 Å². The van der Waals surface area contributed by atoms with Crippen molar-refractivity contribution in [3.63, 3.8) is 0 Å². The lowest BCUT2D eigenvalue weighted by Crippen LogP contribution is -2.39. The van der Waals surface area contributed by atoms with Gasteiger partial charge in [-0.25, -0.2) is 0 Å². The zero-order valence-electron chi connectivity index (χ0n) is 12.9. The summed E-state index contributed by atoms with van der Waals surface area (Å²) in [6.07, 6.45) is 1.09. The average molecular weight is 282 g/mol. The quantitative estimate of drug-likeness (QED) is 0.854. The van der Waals surface area contributed by atoms with Crippen LogP contribution in [0.3, 0.4) is 0 Å². The van der Waals surface area contributed by atoms with Crippen LogP contribution in [0.2, 0.25) is 0 Å². The van der Waals surface area contributed by atoms with Crippen LogP contribution in [0.1, 0.15) is 50.9 Å². The highest BCUT2D eigenvalue weighted by Gasteiger charge is 2.27. The van der Waals surface area contributed by atoms with Gasteiger partial charge in [0.15, 0.2) is 0 Å². The zero-order valence-corrected chi connectivity index (χ0v) is 12.9. The Kier molecular flexibility index (Phi) is 5.51. The van der Waals surface area contributed by atoms with Crippen LogP contribution in [-0.4, -0.2) is 54.4 Å². The summed E-state index contributed by atoms with van der Waals surface area (Å²) in [6, 6.07) is 0.298. The van der Waals surface area contributed by atoms with Crippen LogP contribution in [0.5, 0.6) is 0 Å². The van der Waals surface area contributed by atoms with E-state index in [1.54, 1.807) is 0 Å². The summed E-state index contributed by atoms with van der Waals surface area (Å²) in [7, 11) is 1.94. The molecular weight excluding hydrogens is 256 g/mol. The minimum absolute atomic E-state index is 0.0649. The Morgan fingerprint density at radius 2 is 2.25 bits per heavy atom. The van der Waals surface area contributed by atoms with Crippen molar-refractivity contribution in [2.24, 2.45) is 0 Å². The molecule has 0 aromatic carbocycles. The van der Waals surface area contributed by atoms with Crippen LogP contribution in [0.25, 0.3) is 0 Å². The van der Waals surface area contributed by atoms with Gasteiger partial charge >= 0.3 is 0 Å². The number of hydrogen-bond donors (Lipinski definition) is 1. The van der Waals surface area contributed by atoms with Gasteiger partial charge in [0.25, 0.3) is 0 Å². The number of nitrogens with zero attached hydrogens (tertiary/aromatic N) is 3. The predicted molar refractivity (Wildman–Crippen MR) is 76.7 cm³/mol. The normalized spacial score (nSPS) is 23.7. The number of rotatable bonds is 6. The Labute approximate surface area is 120 Å². The van der Waals surface area contributed by atoms with Gasteiger partial charge in [-0.2, -0.15) is 4.98 Å². The number of aromatic nitrogens is 2. The smallest absolute Gasteiger partial charge is 0.231 e. The number of nitrogens with one attached hydrogen (secondary N) is 1. The van der Waals surface area contributed by atoms with Gasteiger partial charge in [-0.15, -0.1) is 0 Å². The van der Waals surface area contributed by atoms with Gasteiger partial charge in [0, 0.05) is 19.1 Å². The van der Waals surface area contributed by atoms with Crippen molar-refractivity contribution < 1.29 is 9.26 Å². The van der Waals surface area contributed by atoms with Crippen LogP contribution in [0.15, 0.2) is 4.52 Å². The molecule has 0 amide bonds. The van der Waals surface area contributed by atoms with E-state index < -0.39 is 0 Å². The van der Waals surface area contributed by atoms with E-state index in [4.69, 9.17) is 9.26 Å². The van der Waals surface area contributed by atoms with Gasteiger partial charge in [0.2, 0.25) is 11.7 Å². The first kappa shape index (κ1) is 15.4. The zero-order chi connectivity index (χ0) is 14.5. The summed E-state index contributed by atoms with van der Waals surface area (Å²) in [4.78, 5) is 6.92.